The first kappa shape index (κ1) is 10.9. The molecule has 86 valence electrons. The molecule has 0 bridgehead atoms. The highest BCUT2D eigenvalue weighted by Crippen LogP contribution is 2.24. The van der Waals surface area contributed by atoms with Gasteiger partial charge < -0.3 is 0 Å². The Morgan fingerprint density at radius 1 is 1.25 bits per heavy atom. The number of rotatable bonds is 1. The van der Waals surface area contributed by atoms with Crippen molar-refractivity contribution >= 4 is 5.91 Å². The van der Waals surface area contributed by atoms with Crippen LogP contribution in [0.25, 0.3) is 0 Å². The maximum Gasteiger partial charge on any atom is 0.544 e. The topological polar surface area (TPSA) is 29.5 Å². The number of carbonyl (C=O) groups is 1. The van der Waals surface area contributed by atoms with E-state index in [1.54, 1.807) is 18.2 Å². The zero-order valence-corrected chi connectivity index (χ0v) is 8.12. The minimum absolute atomic E-state index is 0.0879. The van der Waals surface area contributed by atoms with Gasteiger partial charge in [0, 0.05) is 5.56 Å². The number of benzene rings is 1. The maximum absolute atomic E-state index is 12.0. The van der Waals surface area contributed by atoms with Crippen LogP contribution < -0.4 is 0 Å². The Hall–Kier alpha value is -1.56. The zero-order chi connectivity index (χ0) is 11.8. The molecule has 1 heterocycles. The molecule has 1 aromatic carbocycles. The Morgan fingerprint density at radius 2 is 1.94 bits per heavy atom. The van der Waals surface area contributed by atoms with E-state index in [1.807, 2.05) is 0 Å². The van der Waals surface area contributed by atoms with Gasteiger partial charge in [-0.3, -0.25) is 4.79 Å². The predicted molar refractivity (Wildman–Crippen MR) is 48.3 cm³/mol. The Kier molecular flexibility index (Phi) is 2.59. The van der Waals surface area contributed by atoms with Crippen molar-refractivity contribution in [1.29, 1.82) is 0 Å². The number of hydroxylamine groups is 2. The van der Waals surface area contributed by atoms with Crippen LogP contribution in [0, 0.1) is 0 Å². The number of carbonyl (C=O) groups excluding carboxylic acids is 1. The van der Waals surface area contributed by atoms with Crippen LogP contribution in [0.3, 0.4) is 0 Å². The maximum atomic E-state index is 12.0. The second-order valence-electron chi connectivity index (χ2n) is 3.35. The number of halogens is 3. The third-order valence-corrected chi connectivity index (χ3v) is 2.27. The summed E-state index contributed by atoms with van der Waals surface area (Å²) in [5.74, 6) is -0.751. The van der Waals surface area contributed by atoms with Crippen LogP contribution >= 0.6 is 0 Å². The molecule has 0 aliphatic carbocycles. The molecular weight excluding hydrogens is 223 g/mol. The van der Waals surface area contributed by atoms with E-state index >= 15 is 0 Å². The van der Waals surface area contributed by atoms with E-state index in [2.05, 4.69) is 4.84 Å². The summed E-state index contributed by atoms with van der Waals surface area (Å²) < 4.78 is 35.9. The molecule has 0 aromatic heterocycles. The molecular formula is C10H8F3NO2. The minimum Gasteiger partial charge on any atom is -0.267 e. The van der Waals surface area contributed by atoms with Crippen molar-refractivity contribution in [1.82, 2.24) is 5.06 Å². The lowest BCUT2D eigenvalue weighted by atomic mass is 10.0. The fourth-order valence-corrected chi connectivity index (χ4v) is 1.62. The molecule has 1 aliphatic heterocycles. The molecule has 0 unspecified atom stereocenters. The number of nitrogens with zero attached hydrogens (tertiary/aromatic N) is 1. The van der Waals surface area contributed by atoms with Gasteiger partial charge in [-0.25, -0.2) is 5.06 Å². The Bertz CT molecular complexity index is 417. The van der Waals surface area contributed by atoms with Crippen LogP contribution in [0.2, 0.25) is 0 Å². The number of hydrogen-bond donors (Lipinski definition) is 0. The lowest BCUT2D eigenvalue weighted by Gasteiger charge is -2.27. The van der Waals surface area contributed by atoms with Gasteiger partial charge in [-0.05, 0) is 18.1 Å². The van der Waals surface area contributed by atoms with Gasteiger partial charge in [0.05, 0.1) is 6.54 Å². The van der Waals surface area contributed by atoms with Gasteiger partial charge >= 0.3 is 6.36 Å². The number of fused-ring (bicyclic) bond motifs is 1. The molecule has 0 spiro atoms. The van der Waals surface area contributed by atoms with Crippen molar-refractivity contribution in [2.75, 3.05) is 6.54 Å². The summed E-state index contributed by atoms with van der Waals surface area (Å²) in [6, 6.07) is 6.56. The SMILES string of the molecule is O=C1c2ccccc2CCN1OC(F)(F)F. The van der Waals surface area contributed by atoms with E-state index in [0.717, 1.165) is 5.56 Å². The molecule has 3 nitrogen and oxygen atoms in total. The molecule has 1 aromatic rings. The Balaban J connectivity index is 2.22. The van der Waals surface area contributed by atoms with Crippen LogP contribution in [-0.4, -0.2) is 23.9 Å². The summed E-state index contributed by atoms with van der Waals surface area (Å²) in [7, 11) is 0. The summed E-state index contributed by atoms with van der Waals surface area (Å²) in [6.07, 6.45) is -4.47. The highest BCUT2D eigenvalue weighted by atomic mass is 19.4. The van der Waals surface area contributed by atoms with Crippen molar-refractivity contribution in [3.05, 3.63) is 35.4 Å². The normalized spacial score (nSPS) is 16.2. The molecule has 0 saturated heterocycles. The van der Waals surface area contributed by atoms with Crippen LogP contribution in [0.15, 0.2) is 24.3 Å². The highest BCUT2D eigenvalue weighted by molar-refractivity contribution is 5.96. The quantitative estimate of drug-likeness (QED) is 0.741. The summed E-state index contributed by atoms with van der Waals surface area (Å²) in [4.78, 5) is 15.2. The fourth-order valence-electron chi connectivity index (χ4n) is 1.62. The summed E-state index contributed by atoms with van der Waals surface area (Å²) >= 11 is 0. The molecule has 1 amide bonds. The van der Waals surface area contributed by atoms with E-state index in [-0.39, 0.29) is 12.1 Å². The molecule has 0 atom stereocenters. The lowest BCUT2D eigenvalue weighted by Crippen LogP contribution is -2.41. The predicted octanol–water partition coefficient (Wildman–Crippen LogP) is 2.14. The smallest absolute Gasteiger partial charge is 0.267 e. The number of hydrogen-bond acceptors (Lipinski definition) is 2. The second kappa shape index (κ2) is 3.79. The summed E-state index contributed by atoms with van der Waals surface area (Å²) in [6.45, 7) is -0.0879. The second-order valence-corrected chi connectivity index (χ2v) is 3.35. The van der Waals surface area contributed by atoms with Crippen molar-refractivity contribution in [2.45, 2.75) is 12.8 Å². The average Bonchev–Trinajstić information content (AvgIpc) is 2.21. The summed E-state index contributed by atoms with van der Waals surface area (Å²) in [5.41, 5.74) is 1.01. The van der Waals surface area contributed by atoms with Gasteiger partial charge in [0.1, 0.15) is 0 Å². The van der Waals surface area contributed by atoms with Crippen LogP contribution in [-0.2, 0) is 11.3 Å². The van der Waals surface area contributed by atoms with Gasteiger partial charge in [0.15, 0.2) is 0 Å². The molecule has 0 radical (unpaired) electrons. The van der Waals surface area contributed by atoms with Gasteiger partial charge in [-0.1, -0.05) is 18.2 Å². The number of alkyl halides is 3. The first-order valence-corrected chi connectivity index (χ1v) is 4.63. The standard InChI is InChI=1S/C10H8F3NO2/c11-10(12,13)16-14-6-5-7-3-1-2-4-8(7)9(14)15/h1-4H,5-6H2. The van der Waals surface area contributed by atoms with Gasteiger partial charge in [-0.2, -0.15) is 4.84 Å². The van der Waals surface area contributed by atoms with Gasteiger partial charge in [0.2, 0.25) is 0 Å². The largest absolute Gasteiger partial charge is 0.544 e. The van der Waals surface area contributed by atoms with Crippen LogP contribution in [0.1, 0.15) is 15.9 Å². The Morgan fingerprint density at radius 3 is 2.62 bits per heavy atom. The Labute approximate surface area is 89.4 Å². The van der Waals surface area contributed by atoms with E-state index in [0.29, 0.717) is 11.5 Å². The van der Waals surface area contributed by atoms with E-state index < -0.39 is 12.3 Å². The number of amides is 1. The minimum atomic E-state index is -4.83. The molecule has 6 heteroatoms. The molecule has 0 fully saturated rings. The van der Waals surface area contributed by atoms with E-state index in [9.17, 15) is 18.0 Å². The average molecular weight is 231 g/mol. The summed E-state index contributed by atoms with van der Waals surface area (Å²) in [5, 5.41) is 0.350. The van der Waals surface area contributed by atoms with Gasteiger partial charge in [-0.15, -0.1) is 13.2 Å². The van der Waals surface area contributed by atoms with Crippen LogP contribution in [0.4, 0.5) is 13.2 Å². The molecule has 1 aliphatic rings. The molecule has 2 rings (SSSR count). The first-order valence-electron chi connectivity index (χ1n) is 4.63. The monoisotopic (exact) mass is 231 g/mol. The van der Waals surface area contributed by atoms with Crippen molar-refractivity contribution < 1.29 is 22.8 Å². The third-order valence-electron chi connectivity index (χ3n) is 2.27. The van der Waals surface area contributed by atoms with Gasteiger partial charge in [0.25, 0.3) is 5.91 Å². The van der Waals surface area contributed by atoms with Crippen molar-refractivity contribution in [3.8, 4) is 0 Å². The van der Waals surface area contributed by atoms with E-state index in [1.165, 1.54) is 6.07 Å². The zero-order valence-electron chi connectivity index (χ0n) is 8.12. The lowest BCUT2D eigenvalue weighted by molar-refractivity contribution is -0.398. The molecule has 16 heavy (non-hydrogen) atoms. The van der Waals surface area contributed by atoms with Crippen LogP contribution in [0.5, 0.6) is 0 Å². The van der Waals surface area contributed by atoms with Crippen molar-refractivity contribution in [2.24, 2.45) is 0 Å². The fraction of sp³-hybridized carbons (Fsp3) is 0.300. The van der Waals surface area contributed by atoms with E-state index in [4.69, 9.17) is 0 Å². The molecule has 0 saturated carbocycles. The third kappa shape index (κ3) is 2.16. The first-order chi connectivity index (χ1) is 7.47. The highest BCUT2D eigenvalue weighted by Gasteiger charge is 2.37. The van der Waals surface area contributed by atoms with Crippen molar-refractivity contribution in [3.63, 3.8) is 0 Å². The molecule has 0 N–H and O–H groups in total.